The molecule has 0 unspecified atom stereocenters. The van der Waals surface area contributed by atoms with Crippen molar-refractivity contribution in [3.05, 3.63) is 81.5 Å². The van der Waals surface area contributed by atoms with Crippen LogP contribution in [0.4, 0.5) is 5.69 Å². The number of carbonyl (C=O) groups is 3. The largest absolute Gasteiger partial charge is 0.465 e. The van der Waals surface area contributed by atoms with Gasteiger partial charge in [-0.2, -0.15) is 0 Å². The summed E-state index contributed by atoms with van der Waals surface area (Å²) in [5.74, 6) is -2.15. The van der Waals surface area contributed by atoms with Gasteiger partial charge in [0.05, 0.1) is 17.6 Å². The van der Waals surface area contributed by atoms with Crippen molar-refractivity contribution in [1.29, 1.82) is 0 Å². The van der Waals surface area contributed by atoms with E-state index in [1.54, 1.807) is 24.3 Å². The second-order valence-corrected chi connectivity index (χ2v) is 5.87. The van der Waals surface area contributed by atoms with E-state index in [-0.39, 0.29) is 16.8 Å². The summed E-state index contributed by atoms with van der Waals surface area (Å²) in [6.07, 6.45) is 0. The number of hydrogen-bond acceptors (Lipinski definition) is 8. The lowest BCUT2D eigenvalue weighted by atomic mass is 10.1. The van der Waals surface area contributed by atoms with Crippen molar-refractivity contribution in [3.8, 4) is 11.3 Å². The Balaban J connectivity index is 1.72. The smallest absolute Gasteiger partial charge is 0.338 e. The molecule has 1 heterocycles. The Hall–Kier alpha value is -4.54. The molecule has 0 spiro atoms. The number of ether oxygens (including phenoxy) is 1. The number of nitrogens with one attached hydrogen (secondary N) is 2. The average molecular weight is 410 g/mol. The standard InChI is InChI=1S/C19H14N4O7/c1-29-19(26)13-7-12(8-14(9-13)23(27)28)17(24)20-21-18(25)15-10-16(30-22-15)11-5-3-2-4-6-11/h2-10H,1H3,(H,20,24)(H,21,25). The highest BCUT2D eigenvalue weighted by atomic mass is 16.6. The first-order chi connectivity index (χ1) is 14.4. The lowest BCUT2D eigenvalue weighted by molar-refractivity contribution is -0.384. The highest BCUT2D eigenvalue weighted by Crippen LogP contribution is 2.20. The number of nitro groups is 1. The zero-order valence-corrected chi connectivity index (χ0v) is 15.4. The Morgan fingerprint density at radius 1 is 1.00 bits per heavy atom. The first-order valence-corrected chi connectivity index (χ1v) is 8.39. The number of esters is 1. The molecule has 152 valence electrons. The van der Waals surface area contributed by atoms with Gasteiger partial charge in [-0.3, -0.25) is 30.6 Å². The summed E-state index contributed by atoms with van der Waals surface area (Å²) < 4.78 is 9.63. The quantitative estimate of drug-likeness (QED) is 0.368. The normalized spacial score (nSPS) is 10.2. The number of amides is 2. The minimum atomic E-state index is -0.885. The number of hydrazine groups is 1. The van der Waals surface area contributed by atoms with Crippen LogP contribution < -0.4 is 10.9 Å². The molecular weight excluding hydrogens is 396 g/mol. The molecule has 2 N–H and O–H groups in total. The molecule has 30 heavy (non-hydrogen) atoms. The molecule has 2 amide bonds. The molecule has 2 aromatic carbocycles. The number of hydrogen-bond donors (Lipinski definition) is 2. The van der Waals surface area contributed by atoms with Crippen molar-refractivity contribution in [2.24, 2.45) is 0 Å². The summed E-state index contributed by atoms with van der Waals surface area (Å²) in [5.41, 5.74) is 3.94. The number of non-ortho nitro benzene ring substituents is 1. The SMILES string of the molecule is COC(=O)c1cc(C(=O)NNC(=O)c2cc(-c3ccccc3)on2)cc([N+](=O)[O-])c1. The number of carbonyl (C=O) groups excluding carboxylic acids is 3. The van der Waals surface area contributed by atoms with Gasteiger partial charge in [-0.05, 0) is 6.07 Å². The molecule has 3 aromatic rings. The predicted molar refractivity (Wildman–Crippen MR) is 101 cm³/mol. The first-order valence-electron chi connectivity index (χ1n) is 8.39. The molecule has 0 bridgehead atoms. The zero-order valence-electron chi connectivity index (χ0n) is 15.4. The van der Waals surface area contributed by atoms with E-state index in [1.807, 2.05) is 6.07 Å². The van der Waals surface area contributed by atoms with Crippen molar-refractivity contribution in [2.75, 3.05) is 7.11 Å². The number of methoxy groups -OCH3 is 1. The van der Waals surface area contributed by atoms with Gasteiger partial charge in [0.2, 0.25) is 0 Å². The van der Waals surface area contributed by atoms with Gasteiger partial charge in [-0.15, -0.1) is 0 Å². The van der Waals surface area contributed by atoms with Crippen LogP contribution in [0.1, 0.15) is 31.2 Å². The molecule has 0 saturated carbocycles. The van der Waals surface area contributed by atoms with E-state index in [0.29, 0.717) is 11.3 Å². The zero-order chi connectivity index (χ0) is 21.7. The van der Waals surface area contributed by atoms with Crippen molar-refractivity contribution < 1.29 is 28.6 Å². The Kier molecular flexibility index (Phi) is 5.82. The fraction of sp³-hybridized carbons (Fsp3) is 0.0526. The monoisotopic (exact) mass is 410 g/mol. The van der Waals surface area contributed by atoms with Gasteiger partial charge in [0, 0.05) is 29.3 Å². The number of benzene rings is 2. The lowest BCUT2D eigenvalue weighted by Crippen LogP contribution is -2.41. The minimum absolute atomic E-state index is 0.0940. The second-order valence-electron chi connectivity index (χ2n) is 5.87. The van der Waals surface area contributed by atoms with Crippen LogP contribution in [0, 0.1) is 10.1 Å². The molecule has 3 rings (SSSR count). The molecular formula is C19H14N4O7. The summed E-state index contributed by atoms with van der Waals surface area (Å²) in [6, 6.07) is 13.4. The van der Waals surface area contributed by atoms with Crippen molar-refractivity contribution in [2.45, 2.75) is 0 Å². The van der Waals surface area contributed by atoms with E-state index in [0.717, 1.165) is 25.3 Å². The molecule has 0 aliphatic rings. The Morgan fingerprint density at radius 2 is 1.67 bits per heavy atom. The van der Waals surface area contributed by atoms with E-state index in [4.69, 9.17) is 4.52 Å². The van der Waals surface area contributed by atoms with E-state index in [9.17, 15) is 24.5 Å². The van der Waals surface area contributed by atoms with Gasteiger partial charge in [-0.25, -0.2) is 4.79 Å². The molecule has 0 fully saturated rings. The number of rotatable bonds is 5. The molecule has 0 atom stereocenters. The third kappa shape index (κ3) is 4.47. The van der Waals surface area contributed by atoms with Gasteiger partial charge < -0.3 is 9.26 Å². The topological polar surface area (TPSA) is 154 Å². The molecule has 11 heteroatoms. The summed E-state index contributed by atoms with van der Waals surface area (Å²) >= 11 is 0. The Morgan fingerprint density at radius 3 is 2.33 bits per heavy atom. The highest BCUT2D eigenvalue weighted by molar-refractivity contribution is 6.01. The van der Waals surface area contributed by atoms with Crippen LogP contribution in [-0.2, 0) is 4.74 Å². The summed E-state index contributed by atoms with van der Waals surface area (Å²) in [5, 5.41) is 14.7. The molecule has 0 aliphatic heterocycles. The number of aromatic nitrogens is 1. The second kappa shape index (κ2) is 8.65. The third-order valence-electron chi connectivity index (χ3n) is 3.90. The average Bonchev–Trinajstić information content (AvgIpc) is 3.27. The lowest BCUT2D eigenvalue weighted by Gasteiger charge is -2.07. The Labute approximate surface area is 168 Å². The van der Waals surface area contributed by atoms with Crippen LogP contribution in [0.15, 0.2) is 59.1 Å². The van der Waals surface area contributed by atoms with E-state index in [2.05, 4.69) is 20.7 Å². The number of nitro benzene ring substituents is 1. The maximum atomic E-state index is 12.3. The minimum Gasteiger partial charge on any atom is -0.465 e. The highest BCUT2D eigenvalue weighted by Gasteiger charge is 2.20. The summed E-state index contributed by atoms with van der Waals surface area (Å²) in [7, 11) is 1.10. The molecule has 0 saturated heterocycles. The predicted octanol–water partition coefficient (Wildman–Crippen LogP) is 2.11. The van der Waals surface area contributed by atoms with Crippen molar-refractivity contribution >= 4 is 23.5 Å². The van der Waals surface area contributed by atoms with Gasteiger partial charge >= 0.3 is 5.97 Å². The first kappa shape index (κ1) is 20.2. The van der Waals surface area contributed by atoms with Crippen LogP contribution in [-0.4, -0.2) is 35.0 Å². The molecule has 11 nitrogen and oxygen atoms in total. The maximum Gasteiger partial charge on any atom is 0.338 e. The van der Waals surface area contributed by atoms with Gasteiger partial charge in [0.1, 0.15) is 0 Å². The fourth-order valence-electron chi connectivity index (χ4n) is 2.45. The van der Waals surface area contributed by atoms with E-state index >= 15 is 0 Å². The molecule has 1 aromatic heterocycles. The van der Waals surface area contributed by atoms with Crippen molar-refractivity contribution in [3.63, 3.8) is 0 Å². The molecule has 0 radical (unpaired) electrons. The van der Waals surface area contributed by atoms with E-state index < -0.39 is 28.4 Å². The van der Waals surface area contributed by atoms with Crippen LogP contribution in [0.2, 0.25) is 0 Å². The van der Waals surface area contributed by atoms with Crippen LogP contribution in [0.25, 0.3) is 11.3 Å². The third-order valence-corrected chi connectivity index (χ3v) is 3.90. The van der Waals surface area contributed by atoms with Crippen LogP contribution >= 0.6 is 0 Å². The van der Waals surface area contributed by atoms with Gasteiger partial charge in [0.25, 0.3) is 17.5 Å². The summed E-state index contributed by atoms with van der Waals surface area (Å²) in [6.45, 7) is 0. The van der Waals surface area contributed by atoms with Crippen LogP contribution in [0.3, 0.4) is 0 Å². The maximum absolute atomic E-state index is 12.3. The molecule has 0 aliphatic carbocycles. The Bertz CT molecular complexity index is 1120. The number of nitrogens with zero attached hydrogens (tertiary/aromatic N) is 2. The van der Waals surface area contributed by atoms with Crippen LogP contribution in [0.5, 0.6) is 0 Å². The fourth-order valence-corrected chi connectivity index (χ4v) is 2.45. The van der Waals surface area contributed by atoms with Crippen molar-refractivity contribution in [1.82, 2.24) is 16.0 Å². The summed E-state index contributed by atoms with van der Waals surface area (Å²) in [4.78, 5) is 46.4. The van der Waals surface area contributed by atoms with Gasteiger partial charge in [0.15, 0.2) is 11.5 Å². The van der Waals surface area contributed by atoms with Gasteiger partial charge in [-0.1, -0.05) is 35.5 Å². The van der Waals surface area contributed by atoms with E-state index in [1.165, 1.54) is 6.07 Å².